The Morgan fingerprint density at radius 2 is 2.11 bits per heavy atom. The molecule has 1 N–H and O–H groups in total. The number of carbonyl (C=O) groups excluding carboxylic acids is 1. The SMILES string of the molecule is COc1ccc(Br)c(C(=O)N2CC(O)(C(C)C)C2)c1. The number of methoxy groups -OCH3 is 1. The van der Waals surface area contributed by atoms with Crippen LogP contribution in [0.2, 0.25) is 0 Å². The summed E-state index contributed by atoms with van der Waals surface area (Å²) in [6, 6.07) is 5.29. The fraction of sp³-hybridized carbons (Fsp3) is 0.500. The van der Waals surface area contributed by atoms with E-state index in [0.717, 1.165) is 4.47 Å². The van der Waals surface area contributed by atoms with Crippen molar-refractivity contribution in [3.8, 4) is 5.75 Å². The number of rotatable bonds is 3. The van der Waals surface area contributed by atoms with Gasteiger partial charge in [-0.05, 0) is 40.0 Å². The van der Waals surface area contributed by atoms with Gasteiger partial charge in [0, 0.05) is 4.47 Å². The predicted molar refractivity (Wildman–Crippen MR) is 76.4 cm³/mol. The van der Waals surface area contributed by atoms with Crippen molar-refractivity contribution >= 4 is 21.8 Å². The van der Waals surface area contributed by atoms with Gasteiger partial charge in [-0.1, -0.05) is 13.8 Å². The zero-order valence-corrected chi connectivity index (χ0v) is 12.9. The highest BCUT2D eigenvalue weighted by Gasteiger charge is 2.46. The molecule has 0 radical (unpaired) electrons. The van der Waals surface area contributed by atoms with Crippen LogP contribution in [0, 0.1) is 5.92 Å². The van der Waals surface area contributed by atoms with Crippen LogP contribution in [0.5, 0.6) is 5.75 Å². The lowest BCUT2D eigenvalue weighted by Crippen LogP contribution is -2.66. The smallest absolute Gasteiger partial charge is 0.255 e. The molecule has 1 aromatic rings. The number of hydrogen-bond acceptors (Lipinski definition) is 3. The van der Waals surface area contributed by atoms with Crippen LogP contribution in [0.1, 0.15) is 24.2 Å². The molecule has 4 nitrogen and oxygen atoms in total. The summed E-state index contributed by atoms with van der Waals surface area (Å²) < 4.78 is 5.86. The molecule has 0 bridgehead atoms. The summed E-state index contributed by atoms with van der Waals surface area (Å²) in [5.74, 6) is 0.701. The van der Waals surface area contributed by atoms with Gasteiger partial charge in [0.1, 0.15) is 11.4 Å². The first kappa shape index (κ1) is 14.3. The molecule has 1 saturated heterocycles. The van der Waals surface area contributed by atoms with Crippen molar-refractivity contribution in [3.05, 3.63) is 28.2 Å². The minimum atomic E-state index is -0.749. The van der Waals surface area contributed by atoms with Crippen LogP contribution in [0.3, 0.4) is 0 Å². The van der Waals surface area contributed by atoms with Crippen molar-refractivity contribution < 1.29 is 14.6 Å². The predicted octanol–water partition coefficient (Wildman–Crippen LogP) is 2.30. The van der Waals surface area contributed by atoms with Gasteiger partial charge in [0.05, 0.1) is 25.8 Å². The van der Waals surface area contributed by atoms with Crippen LogP contribution in [0.15, 0.2) is 22.7 Å². The third-order valence-electron chi connectivity index (χ3n) is 3.70. The number of benzene rings is 1. The molecule has 0 saturated carbocycles. The number of hydrogen-bond donors (Lipinski definition) is 1. The van der Waals surface area contributed by atoms with E-state index >= 15 is 0 Å². The van der Waals surface area contributed by atoms with E-state index < -0.39 is 5.60 Å². The van der Waals surface area contributed by atoms with Crippen LogP contribution in [-0.4, -0.2) is 41.7 Å². The Morgan fingerprint density at radius 3 is 2.63 bits per heavy atom. The number of β-amino-alcohol motifs (C(OH)–C–C–N with tert-alkyl or cyclic N) is 1. The van der Waals surface area contributed by atoms with Gasteiger partial charge < -0.3 is 14.7 Å². The molecule has 2 rings (SSSR count). The van der Waals surface area contributed by atoms with Crippen molar-refractivity contribution in [1.29, 1.82) is 0 Å². The van der Waals surface area contributed by atoms with E-state index in [4.69, 9.17) is 4.74 Å². The Morgan fingerprint density at radius 1 is 1.47 bits per heavy atom. The number of amides is 1. The first-order chi connectivity index (χ1) is 8.87. The third-order valence-corrected chi connectivity index (χ3v) is 4.39. The zero-order chi connectivity index (χ0) is 14.2. The van der Waals surface area contributed by atoms with Gasteiger partial charge in [0.2, 0.25) is 0 Å². The minimum Gasteiger partial charge on any atom is -0.497 e. The second-order valence-corrected chi connectivity index (χ2v) is 6.12. The topological polar surface area (TPSA) is 49.8 Å². The molecule has 0 spiro atoms. The minimum absolute atomic E-state index is 0.0869. The Bertz CT molecular complexity index is 495. The van der Waals surface area contributed by atoms with Crippen LogP contribution in [-0.2, 0) is 0 Å². The molecule has 5 heteroatoms. The Balaban J connectivity index is 2.14. The first-order valence-corrected chi connectivity index (χ1v) is 7.02. The largest absolute Gasteiger partial charge is 0.497 e. The average Bonchev–Trinajstić information content (AvgIpc) is 2.34. The van der Waals surface area contributed by atoms with Gasteiger partial charge in [-0.25, -0.2) is 0 Å². The molecule has 19 heavy (non-hydrogen) atoms. The van der Waals surface area contributed by atoms with E-state index in [9.17, 15) is 9.90 Å². The molecule has 1 amide bonds. The Hall–Kier alpha value is -1.07. The maximum atomic E-state index is 12.4. The van der Waals surface area contributed by atoms with Crippen LogP contribution in [0.25, 0.3) is 0 Å². The van der Waals surface area contributed by atoms with E-state index in [2.05, 4.69) is 15.9 Å². The Labute approximate surface area is 121 Å². The summed E-state index contributed by atoms with van der Waals surface area (Å²) in [5.41, 5.74) is -0.189. The summed E-state index contributed by atoms with van der Waals surface area (Å²) in [7, 11) is 1.57. The van der Waals surface area contributed by atoms with Gasteiger partial charge in [0.25, 0.3) is 5.91 Å². The number of likely N-dealkylation sites (tertiary alicyclic amines) is 1. The number of aliphatic hydroxyl groups is 1. The molecule has 0 atom stereocenters. The van der Waals surface area contributed by atoms with Gasteiger partial charge in [-0.2, -0.15) is 0 Å². The summed E-state index contributed by atoms with van der Waals surface area (Å²) in [6.45, 7) is 4.69. The average molecular weight is 328 g/mol. The first-order valence-electron chi connectivity index (χ1n) is 6.22. The van der Waals surface area contributed by atoms with E-state index in [1.807, 2.05) is 13.8 Å². The van der Waals surface area contributed by atoms with E-state index in [0.29, 0.717) is 24.4 Å². The van der Waals surface area contributed by atoms with Crippen molar-refractivity contribution in [1.82, 2.24) is 4.90 Å². The van der Waals surface area contributed by atoms with Crippen molar-refractivity contribution in [2.45, 2.75) is 19.4 Å². The highest BCUT2D eigenvalue weighted by atomic mass is 79.9. The molecular formula is C14H18BrNO3. The standard InChI is InChI=1S/C14H18BrNO3/c1-9(2)14(18)7-16(8-14)13(17)11-6-10(19-3)4-5-12(11)15/h4-6,9,18H,7-8H2,1-3H3. The van der Waals surface area contributed by atoms with Crippen LogP contribution >= 0.6 is 15.9 Å². The van der Waals surface area contributed by atoms with E-state index in [-0.39, 0.29) is 11.8 Å². The van der Waals surface area contributed by atoms with Gasteiger partial charge in [-0.15, -0.1) is 0 Å². The molecule has 0 aromatic heterocycles. The number of ether oxygens (including phenoxy) is 1. The maximum Gasteiger partial charge on any atom is 0.255 e. The maximum absolute atomic E-state index is 12.4. The summed E-state index contributed by atoms with van der Waals surface area (Å²) in [4.78, 5) is 14.0. The van der Waals surface area contributed by atoms with Gasteiger partial charge in [0.15, 0.2) is 0 Å². The molecule has 1 fully saturated rings. The lowest BCUT2D eigenvalue weighted by molar-refractivity contribution is -0.110. The number of carbonyl (C=O) groups is 1. The molecule has 104 valence electrons. The highest BCUT2D eigenvalue weighted by molar-refractivity contribution is 9.10. The second kappa shape index (κ2) is 5.13. The number of nitrogens with zero attached hydrogens (tertiary/aromatic N) is 1. The Kier molecular flexibility index (Phi) is 3.87. The van der Waals surface area contributed by atoms with Crippen molar-refractivity contribution in [2.75, 3.05) is 20.2 Å². The van der Waals surface area contributed by atoms with Gasteiger partial charge in [-0.3, -0.25) is 4.79 Å². The fourth-order valence-electron chi connectivity index (χ4n) is 2.09. The molecular weight excluding hydrogens is 310 g/mol. The normalized spacial score (nSPS) is 17.3. The van der Waals surface area contributed by atoms with Crippen molar-refractivity contribution in [3.63, 3.8) is 0 Å². The monoisotopic (exact) mass is 327 g/mol. The highest BCUT2D eigenvalue weighted by Crippen LogP contribution is 2.32. The van der Waals surface area contributed by atoms with E-state index in [1.54, 1.807) is 30.2 Å². The van der Waals surface area contributed by atoms with Gasteiger partial charge >= 0.3 is 0 Å². The lowest BCUT2D eigenvalue weighted by Gasteiger charge is -2.49. The summed E-state index contributed by atoms with van der Waals surface area (Å²) in [6.07, 6.45) is 0. The molecule has 0 aliphatic carbocycles. The third kappa shape index (κ3) is 2.62. The molecule has 1 aromatic carbocycles. The number of halogens is 1. The van der Waals surface area contributed by atoms with Crippen molar-refractivity contribution in [2.24, 2.45) is 5.92 Å². The van der Waals surface area contributed by atoms with Crippen LogP contribution in [0.4, 0.5) is 0 Å². The second-order valence-electron chi connectivity index (χ2n) is 5.27. The summed E-state index contributed by atoms with van der Waals surface area (Å²) >= 11 is 3.37. The molecule has 1 aliphatic heterocycles. The molecule has 0 unspecified atom stereocenters. The van der Waals surface area contributed by atoms with Crippen LogP contribution < -0.4 is 4.74 Å². The quantitative estimate of drug-likeness (QED) is 0.926. The fourth-order valence-corrected chi connectivity index (χ4v) is 2.51. The molecule has 1 heterocycles. The van der Waals surface area contributed by atoms with E-state index in [1.165, 1.54) is 0 Å². The lowest BCUT2D eigenvalue weighted by atomic mass is 9.82. The summed E-state index contributed by atoms with van der Waals surface area (Å²) in [5, 5.41) is 10.2. The zero-order valence-electron chi connectivity index (χ0n) is 11.3. The molecule has 1 aliphatic rings.